The second-order valence-electron chi connectivity index (χ2n) is 8.01. The fourth-order valence-corrected chi connectivity index (χ4v) is 4.75. The highest BCUT2D eigenvalue weighted by atomic mass is 35.6. The van der Waals surface area contributed by atoms with Crippen LogP contribution in [0.1, 0.15) is 31.5 Å². The van der Waals surface area contributed by atoms with Crippen LogP contribution in [0.5, 0.6) is 0 Å². The van der Waals surface area contributed by atoms with Crippen molar-refractivity contribution in [3.05, 3.63) is 30.1 Å². The van der Waals surface area contributed by atoms with Gasteiger partial charge in [-0.2, -0.15) is 9.97 Å². The highest BCUT2D eigenvalue weighted by Gasteiger charge is 2.36. The molecule has 4 fully saturated rings. The maximum atomic E-state index is 6.16. The van der Waals surface area contributed by atoms with Crippen molar-refractivity contribution in [3.63, 3.8) is 0 Å². The number of alkyl halides is 3. The van der Waals surface area contributed by atoms with E-state index in [0.29, 0.717) is 23.9 Å². The summed E-state index contributed by atoms with van der Waals surface area (Å²) in [6.45, 7) is 4.01. The molecule has 2 unspecified atom stereocenters. The molecular weight excluding hydrogens is 466 g/mol. The van der Waals surface area contributed by atoms with Crippen LogP contribution in [0, 0.1) is 0 Å². The van der Waals surface area contributed by atoms with Crippen molar-refractivity contribution in [1.29, 1.82) is 0 Å². The number of halogens is 4. The first-order valence-corrected chi connectivity index (χ1v) is 11.3. The van der Waals surface area contributed by atoms with Crippen molar-refractivity contribution in [3.8, 4) is 11.4 Å². The number of hydrogen-bond acceptors (Lipinski definition) is 6. The van der Waals surface area contributed by atoms with E-state index in [1.165, 1.54) is 24.9 Å². The quantitative estimate of drug-likeness (QED) is 0.647. The first kappa shape index (κ1) is 22.2. The third kappa shape index (κ3) is 4.44. The van der Waals surface area contributed by atoms with E-state index in [1.54, 1.807) is 0 Å². The van der Waals surface area contributed by atoms with Crippen LogP contribution in [-0.2, 0) is 3.79 Å². The summed E-state index contributed by atoms with van der Waals surface area (Å²) in [7, 11) is 0. The minimum absolute atomic E-state index is 0. The van der Waals surface area contributed by atoms with Crippen LogP contribution in [0.2, 0.25) is 0 Å². The van der Waals surface area contributed by atoms with E-state index in [2.05, 4.69) is 37.2 Å². The molecule has 0 saturated carbocycles. The average molecular weight is 490 g/mol. The Morgan fingerprint density at radius 2 is 1.70 bits per heavy atom. The maximum absolute atomic E-state index is 6.16. The van der Waals surface area contributed by atoms with Gasteiger partial charge in [0.05, 0.1) is 0 Å². The van der Waals surface area contributed by atoms with Crippen LogP contribution in [0.15, 0.2) is 24.3 Å². The third-order valence-corrected chi connectivity index (χ3v) is 6.59. The van der Waals surface area contributed by atoms with Gasteiger partial charge in [0.1, 0.15) is 0 Å². The number of fused-ring (bicyclic) bond motifs is 3. The Hall–Kier alpha value is -1.05. The molecule has 1 N–H and O–H groups in total. The molecule has 0 spiro atoms. The van der Waals surface area contributed by atoms with Crippen molar-refractivity contribution in [2.45, 2.75) is 41.6 Å². The molecule has 1 aromatic carbocycles. The maximum Gasteiger partial charge on any atom is 0.250 e. The Balaban J connectivity index is 0.00000218. The van der Waals surface area contributed by atoms with E-state index in [-0.39, 0.29) is 18.2 Å². The van der Waals surface area contributed by atoms with Gasteiger partial charge < -0.3 is 15.1 Å². The van der Waals surface area contributed by atoms with Gasteiger partial charge in [-0.05, 0) is 49.9 Å². The molecule has 30 heavy (non-hydrogen) atoms. The van der Waals surface area contributed by atoms with Gasteiger partial charge >= 0.3 is 0 Å². The fraction of sp³-hybridized carbons (Fsp3) is 0.550. The van der Waals surface area contributed by atoms with Crippen molar-refractivity contribution >= 4 is 58.8 Å². The van der Waals surface area contributed by atoms with E-state index >= 15 is 0 Å². The monoisotopic (exact) mass is 488 g/mol. The average Bonchev–Trinajstić information content (AvgIpc) is 3.29. The lowest BCUT2D eigenvalue weighted by atomic mass is 9.93. The molecule has 6 rings (SSSR count). The number of piperidine rings is 2. The highest BCUT2D eigenvalue weighted by molar-refractivity contribution is 6.66. The Bertz CT molecular complexity index is 874. The van der Waals surface area contributed by atoms with E-state index in [4.69, 9.17) is 39.8 Å². The van der Waals surface area contributed by atoms with E-state index in [1.807, 2.05) is 12.1 Å². The van der Waals surface area contributed by atoms with Crippen molar-refractivity contribution in [1.82, 2.24) is 20.3 Å². The van der Waals surface area contributed by atoms with Crippen LogP contribution in [0.25, 0.3) is 11.4 Å². The van der Waals surface area contributed by atoms with Crippen molar-refractivity contribution in [2.75, 3.05) is 36.0 Å². The lowest BCUT2D eigenvalue weighted by Crippen LogP contribution is -2.61. The molecule has 0 aliphatic carbocycles. The van der Waals surface area contributed by atoms with Gasteiger partial charge in [-0.15, -0.1) is 12.4 Å². The topological polar surface area (TPSA) is 57.2 Å². The zero-order chi connectivity index (χ0) is 20.0. The minimum atomic E-state index is -1.70. The Kier molecular flexibility index (Phi) is 6.52. The number of anilines is 2. The molecule has 162 valence electrons. The Morgan fingerprint density at radius 1 is 0.967 bits per heavy atom. The van der Waals surface area contributed by atoms with Gasteiger partial charge in [-0.25, -0.2) is 4.98 Å². The third-order valence-electron chi connectivity index (χ3n) is 6.08. The highest BCUT2D eigenvalue weighted by Crippen LogP contribution is 2.38. The first-order chi connectivity index (χ1) is 14.0. The summed E-state index contributed by atoms with van der Waals surface area (Å²) in [5.41, 5.74) is 2.12. The van der Waals surface area contributed by atoms with Crippen molar-refractivity contribution in [2.24, 2.45) is 0 Å². The number of rotatable bonds is 3. The zero-order valence-corrected chi connectivity index (χ0v) is 19.5. The molecule has 0 radical (unpaired) electrons. The van der Waals surface area contributed by atoms with Gasteiger partial charge in [0.25, 0.3) is 0 Å². The summed E-state index contributed by atoms with van der Waals surface area (Å²) in [4.78, 5) is 18.4. The SMILES string of the molecule is Cl.ClC(Cl)(Cl)c1nc(-c2ccc(N3CCCC3)cc2)nc(N2CC3CCC2CN3)n1. The predicted molar refractivity (Wildman–Crippen MR) is 125 cm³/mol. The molecule has 2 bridgehead atoms. The molecule has 4 aliphatic heterocycles. The summed E-state index contributed by atoms with van der Waals surface area (Å²) in [5.74, 6) is 1.30. The van der Waals surface area contributed by atoms with Crippen molar-refractivity contribution < 1.29 is 0 Å². The van der Waals surface area contributed by atoms with Gasteiger partial charge in [0.2, 0.25) is 9.74 Å². The Labute approximate surface area is 197 Å². The molecule has 4 saturated heterocycles. The standard InChI is InChI=1S/C20H23Cl3N6.ClH/c21-20(22,23)18-25-17(13-3-6-15(7-4-13)28-9-1-2-10-28)26-19(27-18)29-12-14-5-8-16(29)11-24-14;/h3-4,6-7,14,16,24H,1-2,5,8-12H2;1H. The summed E-state index contributed by atoms with van der Waals surface area (Å²) < 4.78 is -1.70. The van der Waals surface area contributed by atoms with Crippen LogP contribution in [-0.4, -0.2) is 53.2 Å². The van der Waals surface area contributed by atoms with Gasteiger partial charge in [-0.1, -0.05) is 34.8 Å². The van der Waals surface area contributed by atoms with Crippen LogP contribution >= 0.6 is 47.2 Å². The molecule has 2 aromatic rings. The molecule has 10 heteroatoms. The summed E-state index contributed by atoms with van der Waals surface area (Å²) >= 11 is 18.5. The zero-order valence-electron chi connectivity index (χ0n) is 16.4. The fourth-order valence-electron chi connectivity index (χ4n) is 4.50. The normalized spacial score (nSPS) is 23.6. The van der Waals surface area contributed by atoms with Crippen LogP contribution < -0.4 is 15.1 Å². The molecular formula is C20H24Cl4N6. The number of benzene rings is 1. The smallest absolute Gasteiger partial charge is 0.250 e. The second kappa shape index (κ2) is 8.83. The van der Waals surface area contributed by atoms with E-state index in [0.717, 1.165) is 38.2 Å². The number of aromatic nitrogens is 3. The first-order valence-electron chi connectivity index (χ1n) is 10.2. The van der Waals surface area contributed by atoms with Gasteiger partial charge in [0.15, 0.2) is 11.6 Å². The molecule has 5 heterocycles. The minimum Gasteiger partial charge on any atom is -0.372 e. The summed E-state index contributed by atoms with van der Waals surface area (Å²) in [6.07, 6.45) is 4.79. The van der Waals surface area contributed by atoms with E-state index in [9.17, 15) is 0 Å². The largest absolute Gasteiger partial charge is 0.372 e. The molecule has 6 nitrogen and oxygen atoms in total. The summed E-state index contributed by atoms with van der Waals surface area (Å²) in [6, 6.07) is 9.13. The number of nitrogens with zero attached hydrogens (tertiary/aromatic N) is 5. The molecule has 4 aliphatic rings. The van der Waals surface area contributed by atoms with Crippen LogP contribution in [0.3, 0.4) is 0 Å². The molecule has 0 amide bonds. The number of nitrogens with one attached hydrogen (secondary N) is 1. The van der Waals surface area contributed by atoms with Gasteiger partial charge in [0, 0.05) is 49.5 Å². The number of hydrogen-bond donors (Lipinski definition) is 1. The molecule has 1 aromatic heterocycles. The Morgan fingerprint density at radius 3 is 2.27 bits per heavy atom. The predicted octanol–water partition coefficient (Wildman–Crippen LogP) is 4.33. The lowest BCUT2D eigenvalue weighted by molar-refractivity contribution is 0.287. The summed E-state index contributed by atoms with van der Waals surface area (Å²) in [5, 5.41) is 3.55. The second-order valence-corrected chi connectivity index (χ2v) is 10.3. The van der Waals surface area contributed by atoms with Crippen LogP contribution in [0.4, 0.5) is 11.6 Å². The molecule has 2 atom stereocenters. The lowest BCUT2D eigenvalue weighted by Gasteiger charge is -2.46. The van der Waals surface area contributed by atoms with E-state index < -0.39 is 3.79 Å². The number of piperazine rings is 1. The van der Waals surface area contributed by atoms with Gasteiger partial charge in [-0.3, -0.25) is 0 Å².